The standard InChI is InChI=1S/C12H16BNO2/c1-12(2,3)11(15)16-8-9-4-6-10(14-13)7-5-9/h4-7,14H,8H2,1-3H3. The first-order chi connectivity index (χ1) is 7.43. The van der Waals surface area contributed by atoms with E-state index in [9.17, 15) is 4.79 Å². The van der Waals surface area contributed by atoms with Gasteiger partial charge in [-0.1, -0.05) is 12.1 Å². The van der Waals surface area contributed by atoms with Crippen LogP contribution in [0.5, 0.6) is 0 Å². The summed E-state index contributed by atoms with van der Waals surface area (Å²) >= 11 is 0. The topological polar surface area (TPSA) is 38.3 Å². The molecule has 1 aromatic carbocycles. The van der Waals surface area contributed by atoms with Gasteiger partial charge >= 0.3 is 5.97 Å². The Bertz CT molecular complexity index is 354. The lowest BCUT2D eigenvalue weighted by atomic mass is 9.97. The predicted molar refractivity (Wildman–Crippen MR) is 65.1 cm³/mol. The molecule has 2 radical (unpaired) electrons. The molecule has 0 amide bonds. The third-order valence-corrected chi connectivity index (χ3v) is 2.10. The summed E-state index contributed by atoms with van der Waals surface area (Å²) in [5.74, 6) is -0.200. The molecule has 0 unspecified atom stereocenters. The molecule has 0 atom stereocenters. The minimum atomic E-state index is -0.460. The van der Waals surface area contributed by atoms with E-state index in [2.05, 4.69) is 5.23 Å². The largest absolute Gasteiger partial charge is 0.460 e. The van der Waals surface area contributed by atoms with Crippen LogP contribution in [-0.2, 0) is 16.1 Å². The second-order valence-corrected chi connectivity index (χ2v) is 4.67. The monoisotopic (exact) mass is 217 g/mol. The molecule has 0 heterocycles. The van der Waals surface area contributed by atoms with Crippen LogP contribution in [0.3, 0.4) is 0 Å². The van der Waals surface area contributed by atoms with Crippen molar-refractivity contribution in [2.75, 3.05) is 5.23 Å². The van der Waals surface area contributed by atoms with Crippen molar-refractivity contribution in [1.29, 1.82) is 0 Å². The lowest BCUT2D eigenvalue weighted by molar-refractivity contribution is -0.154. The fourth-order valence-corrected chi connectivity index (χ4v) is 1.06. The van der Waals surface area contributed by atoms with Crippen LogP contribution in [-0.4, -0.2) is 14.0 Å². The number of hydrogen-bond donors (Lipinski definition) is 1. The number of rotatable bonds is 3. The molecule has 0 aliphatic heterocycles. The van der Waals surface area contributed by atoms with Gasteiger partial charge in [-0.3, -0.25) is 4.79 Å². The zero-order chi connectivity index (χ0) is 12.2. The molecular weight excluding hydrogens is 201 g/mol. The van der Waals surface area contributed by atoms with E-state index < -0.39 is 5.41 Å². The van der Waals surface area contributed by atoms with Gasteiger partial charge in [0.05, 0.1) is 5.41 Å². The molecule has 0 spiro atoms. The van der Waals surface area contributed by atoms with E-state index in [0.29, 0.717) is 6.61 Å². The van der Waals surface area contributed by atoms with Crippen LogP contribution in [0.4, 0.5) is 5.69 Å². The fourth-order valence-electron chi connectivity index (χ4n) is 1.06. The Morgan fingerprint density at radius 1 is 1.31 bits per heavy atom. The van der Waals surface area contributed by atoms with Crippen molar-refractivity contribution < 1.29 is 9.53 Å². The Morgan fingerprint density at radius 2 is 1.88 bits per heavy atom. The molecule has 0 aromatic heterocycles. The van der Waals surface area contributed by atoms with Crippen LogP contribution in [0.25, 0.3) is 0 Å². The number of anilines is 1. The Balaban J connectivity index is 2.52. The van der Waals surface area contributed by atoms with E-state index in [1.807, 2.05) is 45.0 Å². The van der Waals surface area contributed by atoms with Crippen molar-refractivity contribution >= 4 is 19.6 Å². The molecule has 1 rings (SSSR count). The summed E-state index contributed by atoms with van der Waals surface area (Å²) in [6, 6.07) is 7.40. The van der Waals surface area contributed by atoms with E-state index >= 15 is 0 Å². The van der Waals surface area contributed by atoms with Gasteiger partial charge in [0.15, 0.2) is 0 Å². The Hall–Kier alpha value is -1.45. The summed E-state index contributed by atoms with van der Waals surface area (Å²) in [5.41, 5.74) is 1.31. The Kier molecular flexibility index (Phi) is 3.99. The van der Waals surface area contributed by atoms with Crippen LogP contribution < -0.4 is 5.23 Å². The van der Waals surface area contributed by atoms with Gasteiger partial charge in [0.2, 0.25) is 7.98 Å². The van der Waals surface area contributed by atoms with Gasteiger partial charge in [0, 0.05) is 5.69 Å². The first-order valence-electron chi connectivity index (χ1n) is 5.16. The average Bonchev–Trinajstić information content (AvgIpc) is 2.25. The van der Waals surface area contributed by atoms with Gasteiger partial charge in [-0.25, -0.2) is 0 Å². The second-order valence-electron chi connectivity index (χ2n) is 4.67. The number of carbonyl (C=O) groups is 1. The lowest BCUT2D eigenvalue weighted by Crippen LogP contribution is -2.22. The van der Waals surface area contributed by atoms with Crippen LogP contribution in [0.2, 0.25) is 0 Å². The summed E-state index contributed by atoms with van der Waals surface area (Å²) in [7, 11) is 5.24. The lowest BCUT2D eigenvalue weighted by Gasteiger charge is -2.16. The molecule has 1 aromatic rings. The zero-order valence-electron chi connectivity index (χ0n) is 9.91. The summed E-state index contributed by atoms with van der Waals surface area (Å²) < 4.78 is 5.18. The maximum Gasteiger partial charge on any atom is 0.311 e. The Morgan fingerprint density at radius 3 is 2.31 bits per heavy atom. The van der Waals surface area contributed by atoms with Gasteiger partial charge in [0.1, 0.15) is 6.61 Å². The van der Waals surface area contributed by atoms with Crippen LogP contribution in [0, 0.1) is 5.41 Å². The average molecular weight is 217 g/mol. The highest BCUT2D eigenvalue weighted by Crippen LogP contribution is 2.17. The van der Waals surface area contributed by atoms with Gasteiger partial charge < -0.3 is 9.96 Å². The van der Waals surface area contributed by atoms with Crippen molar-refractivity contribution in [2.24, 2.45) is 5.41 Å². The van der Waals surface area contributed by atoms with E-state index in [0.717, 1.165) is 11.3 Å². The molecule has 0 saturated heterocycles. The van der Waals surface area contributed by atoms with Crippen molar-refractivity contribution in [2.45, 2.75) is 27.4 Å². The summed E-state index contributed by atoms with van der Waals surface area (Å²) in [6.07, 6.45) is 0. The minimum absolute atomic E-state index is 0.200. The highest BCUT2D eigenvalue weighted by atomic mass is 16.5. The number of carbonyl (C=O) groups excluding carboxylic acids is 1. The number of nitrogens with one attached hydrogen (secondary N) is 1. The smallest absolute Gasteiger partial charge is 0.311 e. The number of benzene rings is 1. The molecule has 0 aliphatic carbocycles. The van der Waals surface area contributed by atoms with Crippen molar-refractivity contribution in [1.82, 2.24) is 0 Å². The van der Waals surface area contributed by atoms with Crippen molar-refractivity contribution in [3.63, 3.8) is 0 Å². The minimum Gasteiger partial charge on any atom is -0.460 e. The molecule has 84 valence electrons. The fraction of sp³-hybridized carbons (Fsp3) is 0.417. The number of hydrogen-bond acceptors (Lipinski definition) is 3. The zero-order valence-corrected chi connectivity index (χ0v) is 9.91. The molecule has 4 heteroatoms. The molecule has 0 saturated carbocycles. The molecular formula is C12H16BNO2. The number of esters is 1. The van der Waals surface area contributed by atoms with Crippen molar-refractivity contribution in [3.05, 3.63) is 29.8 Å². The third kappa shape index (κ3) is 3.61. The molecule has 0 bridgehead atoms. The first-order valence-corrected chi connectivity index (χ1v) is 5.16. The molecule has 0 aliphatic rings. The highest BCUT2D eigenvalue weighted by molar-refractivity contribution is 6.15. The normalized spacial score (nSPS) is 10.9. The molecule has 1 N–H and O–H groups in total. The Labute approximate surface area is 97.6 Å². The van der Waals surface area contributed by atoms with Gasteiger partial charge in [0.25, 0.3) is 0 Å². The molecule has 3 nitrogen and oxygen atoms in total. The van der Waals surface area contributed by atoms with Gasteiger partial charge in [-0.2, -0.15) is 0 Å². The van der Waals surface area contributed by atoms with E-state index in [-0.39, 0.29) is 5.97 Å². The van der Waals surface area contributed by atoms with Crippen LogP contribution >= 0.6 is 0 Å². The van der Waals surface area contributed by atoms with E-state index in [1.54, 1.807) is 0 Å². The summed E-state index contributed by atoms with van der Waals surface area (Å²) in [4.78, 5) is 11.5. The first kappa shape index (κ1) is 12.6. The highest BCUT2D eigenvalue weighted by Gasteiger charge is 2.22. The molecule has 16 heavy (non-hydrogen) atoms. The van der Waals surface area contributed by atoms with Crippen molar-refractivity contribution in [3.8, 4) is 0 Å². The predicted octanol–water partition coefficient (Wildman–Crippen LogP) is 2.27. The van der Waals surface area contributed by atoms with Gasteiger partial charge in [-0.15, -0.1) is 0 Å². The number of ether oxygens (including phenoxy) is 1. The second kappa shape index (κ2) is 5.06. The molecule has 0 fully saturated rings. The third-order valence-electron chi connectivity index (χ3n) is 2.10. The van der Waals surface area contributed by atoms with E-state index in [1.165, 1.54) is 0 Å². The van der Waals surface area contributed by atoms with Crippen LogP contribution in [0.1, 0.15) is 26.3 Å². The summed E-state index contributed by atoms with van der Waals surface area (Å²) in [5, 5.41) is 2.54. The maximum atomic E-state index is 11.5. The quantitative estimate of drug-likeness (QED) is 0.623. The summed E-state index contributed by atoms with van der Waals surface area (Å²) in [6.45, 7) is 5.78. The van der Waals surface area contributed by atoms with Crippen LogP contribution in [0.15, 0.2) is 24.3 Å². The SMILES string of the molecule is [B]Nc1ccc(COC(=O)C(C)(C)C)cc1. The van der Waals surface area contributed by atoms with Gasteiger partial charge in [-0.05, 0) is 38.5 Å². The maximum absolute atomic E-state index is 11.5. The van der Waals surface area contributed by atoms with E-state index in [4.69, 9.17) is 12.7 Å².